The Morgan fingerprint density at radius 3 is 2.69 bits per heavy atom. The number of anilines is 1. The van der Waals surface area contributed by atoms with Gasteiger partial charge in [0.05, 0.1) is 25.9 Å². The lowest BCUT2D eigenvalue weighted by atomic mass is 9.95. The fraction of sp³-hybridized carbons (Fsp3) is 0.500. The van der Waals surface area contributed by atoms with Crippen LogP contribution in [-0.2, 0) is 17.7 Å². The van der Waals surface area contributed by atoms with E-state index in [0.29, 0.717) is 25.7 Å². The van der Waals surface area contributed by atoms with Crippen LogP contribution in [0.3, 0.4) is 0 Å². The minimum Gasteiger partial charge on any atom is -0.460 e. The lowest BCUT2D eigenvalue weighted by molar-refractivity contribution is 0.0216. The summed E-state index contributed by atoms with van der Waals surface area (Å²) in [4.78, 5) is 14.8. The van der Waals surface area contributed by atoms with Gasteiger partial charge in [0, 0.05) is 19.4 Å². The molecular formula is C18H21ClN4O3. The first kappa shape index (κ1) is 17.5. The first-order valence-corrected chi connectivity index (χ1v) is 9.21. The van der Waals surface area contributed by atoms with Gasteiger partial charge in [-0.3, -0.25) is 0 Å². The van der Waals surface area contributed by atoms with Gasteiger partial charge in [-0.2, -0.15) is 15.0 Å². The first-order chi connectivity index (χ1) is 12.7. The molecule has 1 aromatic heterocycles. The number of nitrogens with zero attached hydrogens (tertiary/aromatic N) is 4. The molecule has 1 aromatic carbocycles. The maximum atomic E-state index is 9.86. The maximum Gasteiger partial charge on any atom is 0.322 e. The summed E-state index contributed by atoms with van der Waals surface area (Å²) in [6.07, 6.45) is 2.35. The molecule has 2 aliphatic rings. The van der Waals surface area contributed by atoms with Crippen molar-refractivity contribution in [2.45, 2.75) is 38.0 Å². The zero-order valence-electron chi connectivity index (χ0n) is 14.3. The van der Waals surface area contributed by atoms with Crippen LogP contribution >= 0.6 is 11.6 Å². The summed E-state index contributed by atoms with van der Waals surface area (Å²) in [7, 11) is 0. The van der Waals surface area contributed by atoms with E-state index in [1.54, 1.807) is 0 Å². The predicted molar refractivity (Wildman–Crippen MR) is 96.5 cm³/mol. The van der Waals surface area contributed by atoms with Crippen LogP contribution in [0.5, 0.6) is 6.01 Å². The molecule has 7 nitrogen and oxygen atoms in total. The second-order valence-electron chi connectivity index (χ2n) is 6.55. The Hall–Kier alpha value is -1.96. The fourth-order valence-corrected chi connectivity index (χ4v) is 3.58. The quantitative estimate of drug-likeness (QED) is 0.874. The highest BCUT2D eigenvalue weighted by atomic mass is 35.5. The lowest BCUT2D eigenvalue weighted by Crippen LogP contribution is -2.44. The average Bonchev–Trinajstić information content (AvgIpc) is 2.67. The topological polar surface area (TPSA) is 80.6 Å². The summed E-state index contributed by atoms with van der Waals surface area (Å²) < 4.78 is 11.2. The van der Waals surface area contributed by atoms with Crippen LogP contribution in [0.2, 0.25) is 5.28 Å². The number of hydrogen-bond acceptors (Lipinski definition) is 7. The number of aliphatic hydroxyl groups excluding tert-OH is 1. The van der Waals surface area contributed by atoms with E-state index in [1.165, 1.54) is 11.1 Å². The van der Waals surface area contributed by atoms with Gasteiger partial charge in [0.2, 0.25) is 11.2 Å². The predicted octanol–water partition coefficient (Wildman–Crippen LogP) is 2.01. The SMILES string of the molecule is OC[C@H]1Cc2ccccc2CN1c1nc(Cl)nc(OC2CCOCC2)n1. The molecule has 3 heterocycles. The van der Waals surface area contributed by atoms with Crippen molar-refractivity contribution in [1.29, 1.82) is 0 Å². The monoisotopic (exact) mass is 376 g/mol. The smallest absolute Gasteiger partial charge is 0.322 e. The van der Waals surface area contributed by atoms with E-state index < -0.39 is 0 Å². The van der Waals surface area contributed by atoms with Crippen LogP contribution in [0.25, 0.3) is 0 Å². The fourth-order valence-electron chi connectivity index (χ4n) is 3.43. The van der Waals surface area contributed by atoms with Crippen molar-refractivity contribution in [2.24, 2.45) is 0 Å². The van der Waals surface area contributed by atoms with Gasteiger partial charge in [0.1, 0.15) is 6.10 Å². The van der Waals surface area contributed by atoms with Crippen LogP contribution in [0, 0.1) is 0 Å². The molecule has 1 atom stereocenters. The highest BCUT2D eigenvalue weighted by molar-refractivity contribution is 6.28. The number of rotatable bonds is 4. The second kappa shape index (κ2) is 7.73. The van der Waals surface area contributed by atoms with Crippen molar-refractivity contribution in [3.8, 4) is 6.01 Å². The molecule has 0 amide bonds. The number of fused-ring (bicyclic) bond motifs is 1. The van der Waals surface area contributed by atoms with Crippen molar-refractivity contribution in [3.63, 3.8) is 0 Å². The van der Waals surface area contributed by atoms with Crippen molar-refractivity contribution in [3.05, 3.63) is 40.7 Å². The third-order valence-corrected chi connectivity index (χ3v) is 5.01. The molecule has 2 aromatic rings. The zero-order valence-corrected chi connectivity index (χ0v) is 15.1. The highest BCUT2D eigenvalue weighted by Gasteiger charge is 2.28. The van der Waals surface area contributed by atoms with Gasteiger partial charge in [-0.25, -0.2) is 0 Å². The summed E-state index contributed by atoms with van der Waals surface area (Å²) in [6.45, 7) is 1.96. The van der Waals surface area contributed by atoms with Gasteiger partial charge >= 0.3 is 6.01 Å². The second-order valence-corrected chi connectivity index (χ2v) is 6.89. The third-order valence-electron chi connectivity index (χ3n) is 4.84. The van der Waals surface area contributed by atoms with Gasteiger partial charge in [0.15, 0.2) is 0 Å². The number of hydrogen-bond donors (Lipinski definition) is 1. The van der Waals surface area contributed by atoms with Crippen molar-refractivity contribution in [1.82, 2.24) is 15.0 Å². The van der Waals surface area contributed by atoms with Gasteiger partial charge in [0.25, 0.3) is 0 Å². The molecule has 0 aliphatic carbocycles. The summed E-state index contributed by atoms with van der Waals surface area (Å²) in [5, 5.41) is 9.95. The normalized spacial score (nSPS) is 20.7. The molecule has 8 heteroatoms. The molecule has 0 radical (unpaired) electrons. The standard InChI is InChI=1S/C18H21ClN4O3/c19-16-20-17(22-18(21-16)26-15-5-7-25-8-6-15)23-10-13-4-2-1-3-12(13)9-14(23)11-24/h1-4,14-15,24H,5-11H2/t14-/m1/s1. The van der Waals surface area contributed by atoms with Crippen molar-refractivity contribution >= 4 is 17.5 Å². The first-order valence-electron chi connectivity index (χ1n) is 8.83. The van der Waals surface area contributed by atoms with E-state index in [4.69, 9.17) is 21.1 Å². The maximum absolute atomic E-state index is 9.86. The molecule has 26 heavy (non-hydrogen) atoms. The minimum atomic E-state index is -0.112. The van der Waals surface area contributed by atoms with E-state index in [-0.39, 0.29) is 30.0 Å². The van der Waals surface area contributed by atoms with Crippen molar-refractivity contribution < 1.29 is 14.6 Å². The molecule has 2 aliphatic heterocycles. The largest absolute Gasteiger partial charge is 0.460 e. The summed E-state index contributed by atoms with van der Waals surface area (Å²) in [5.41, 5.74) is 2.43. The van der Waals surface area contributed by atoms with E-state index >= 15 is 0 Å². The summed E-state index contributed by atoms with van der Waals surface area (Å²) in [5.74, 6) is 0.431. The van der Waals surface area contributed by atoms with E-state index in [1.807, 2.05) is 17.0 Å². The van der Waals surface area contributed by atoms with Crippen LogP contribution in [0.1, 0.15) is 24.0 Å². The molecular weight excluding hydrogens is 356 g/mol. The van der Waals surface area contributed by atoms with Crippen LogP contribution in [0.4, 0.5) is 5.95 Å². The molecule has 4 rings (SSSR count). The summed E-state index contributed by atoms with van der Waals surface area (Å²) >= 11 is 6.12. The van der Waals surface area contributed by atoms with E-state index in [9.17, 15) is 5.11 Å². The molecule has 1 fully saturated rings. The Morgan fingerprint density at radius 2 is 1.92 bits per heavy atom. The molecule has 138 valence electrons. The summed E-state index contributed by atoms with van der Waals surface area (Å²) in [6, 6.07) is 8.31. The van der Waals surface area contributed by atoms with Gasteiger partial charge in [-0.1, -0.05) is 24.3 Å². The van der Waals surface area contributed by atoms with Crippen molar-refractivity contribution in [2.75, 3.05) is 24.7 Å². The number of halogens is 1. The Bertz CT molecular complexity index is 770. The minimum absolute atomic E-state index is 0.00773. The Labute approximate surface area is 157 Å². The average molecular weight is 377 g/mol. The molecule has 0 bridgehead atoms. The highest BCUT2D eigenvalue weighted by Crippen LogP contribution is 2.28. The molecule has 1 saturated heterocycles. The van der Waals surface area contributed by atoms with Gasteiger partial charge < -0.3 is 19.5 Å². The van der Waals surface area contributed by atoms with E-state index in [0.717, 1.165) is 19.3 Å². The molecule has 0 saturated carbocycles. The van der Waals surface area contributed by atoms with Gasteiger partial charge in [-0.15, -0.1) is 0 Å². The Balaban J connectivity index is 1.59. The number of benzene rings is 1. The number of aliphatic hydroxyl groups is 1. The van der Waals surface area contributed by atoms with E-state index in [2.05, 4.69) is 27.1 Å². The third kappa shape index (κ3) is 3.75. The Morgan fingerprint density at radius 1 is 1.15 bits per heavy atom. The molecule has 0 spiro atoms. The van der Waals surface area contributed by atoms with Crippen LogP contribution < -0.4 is 9.64 Å². The zero-order chi connectivity index (χ0) is 17.9. The lowest BCUT2D eigenvalue weighted by Gasteiger charge is -2.36. The Kier molecular flexibility index (Phi) is 5.19. The number of aromatic nitrogens is 3. The molecule has 0 unspecified atom stereocenters. The molecule has 1 N–H and O–H groups in total. The number of ether oxygens (including phenoxy) is 2. The van der Waals surface area contributed by atoms with Crippen LogP contribution in [0.15, 0.2) is 24.3 Å². The van der Waals surface area contributed by atoms with Crippen LogP contribution in [-0.4, -0.2) is 52.0 Å². The van der Waals surface area contributed by atoms with Gasteiger partial charge in [-0.05, 0) is 29.1 Å².